The molecule has 2 heterocycles. The van der Waals surface area contributed by atoms with Gasteiger partial charge in [-0.3, -0.25) is 4.79 Å². The van der Waals surface area contributed by atoms with Crippen molar-refractivity contribution in [2.45, 2.75) is 38.3 Å². The number of hydrogen-bond acceptors (Lipinski definition) is 3. The highest BCUT2D eigenvalue weighted by Gasteiger charge is 2.33. The lowest BCUT2D eigenvalue weighted by Gasteiger charge is -2.17. The van der Waals surface area contributed by atoms with Crippen molar-refractivity contribution < 1.29 is 14.6 Å². The third kappa shape index (κ3) is 2.32. The minimum absolute atomic E-state index is 0.124. The molecule has 2 unspecified atom stereocenters. The van der Waals surface area contributed by atoms with Gasteiger partial charge in [-0.05, 0) is 37.5 Å². The number of hydrogen-bond donors (Lipinski definition) is 2. The Labute approximate surface area is 112 Å². The molecular weight excluding hydrogens is 242 g/mol. The first-order valence-electron chi connectivity index (χ1n) is 6.73. The van der Waals surface area contributed by atoms with E-state index in [1.807, 2.05) is 0 Å². The Hall–Kier alpha value is -1.55. The molecule has 1 aromatic rings. The molecular formula is C15H19NO3. The summed E-state index contributed by atoms with van der Waals surface area (Å²) >= 11 is 0. The van der Waals surface area contributed by atoms with Gasteiger partial charge in [0.25, 0.3) is 0 Å². The summed E-state index contributed by atoms with van der Waals surface area (Å²) in [5.74, 6) is -0.0489. The van der Waals surface area contributed by atoms with Crippen LogP contribution in [-0.4, -0.2) is 23.2 Å². The van der Waals surface area contributed by atoms with Gasteiger partial charge in [-0.15, -0.1) is 0 Å². The van der Waals surface area contributed by atoms with Gasteiger partial charge >= 0.3 is 5.97 Å². The van der Waals surface area contributed by atoms with E-state index in [4.69, 9.17) is 9.84 Å². The molecule has 0 aliphatic carbocycles. The minimum atomic E-state index is -0.714. The van der Waals surface area contributed by atoms with E-state index in [2.05, 4.69) is 37.4 Å². The molecule has 1 saturated heterocycles. The average Bonchev–Trinajstić information content (AvgIpc) is 2.89. The molecule has 102 valence electrons. The van der Waals surface area contributed by atoms with Crippen molar-refractivity contribution in [1.82, 2.24) is 5.32 Å². The van der Waals surface area contributed by atoms with Gasteiger partial charge < -0.3 is 15.2 Å². The van der Waals surface area contributed by atoms with Crippen LogP contribution in [0.25, 0.3) is 0 Å². The Kier molecular flexibility index (Phi) is 2.78. The molecule has 0 amide bonds. The number of carboxylic acid groups (broad SMARTS) is 1. The smallest absolute Gasteiger partial charge is 0.307 e. The predicted octanol–water partition coefficient (Wildman–Crippen LogP) is 2.14. The summed E-state index contributed by atoms with van der Waals surface area (Å²) in [4.78, 5) is 11.0. The summed E-state index contributed by atoms with van der Waals surface area (Å²) in [6.45, 7) is 4.71. The molecule has 2 aliphatic heterocycles. The lowest BCUT2D eigenvalue weighted by atomic mass is 9.97. The summed E-state index contributed by atoms with van der Waals surface area (Å²) in [6.07, 6.45) is 1.58. The monoisotopic (exact) mass is 261 g/mol. The fourth-order valence-corrected chi connectivity index (χ4v) is 3.00. The van der Waals surface area contributed by atoms with Gasteiger partial charge in [-0.2, -0.15) is 0 Å². The molecule has 0 spiro atoms. The van der Waals surface area contributed by atoms with Crippen molar-refractivity contribution in [2.75, 3.05) is 6.54 Å². The van der Waals surface area contributed by atoms with Crippen LogP contribution in [0.4, 0.5) is 0 Å². The zero-order valence-electron chi connectivity index (χ0n) is 11.3. The molecule has 0 radical (unpaired) electrons. The van der Waals surface area contributed by atoms with E-state index in [1.54, 1.807) is 0 Å². The first-order chi connectivity index (χ1) is 8.94. The Morgan fingerprint density at radius 2 is 2.26 bits per heavy atom. The number of carboxylic acids is 1. The molecule has 1 fully saturated rings. The maximum absolute atomic E-state index is 11.0. The second-order valence-corrected chi connectivity index (χ2v) is 6.14. The van der Waals surface area contributed by atoms with Gasteiger partial charge in [-0.25, -0.2) is 0 Å². The van der Waals surface area contributed by atoms with Crippen molar-refractivity contribution in [2.24, 2.45) is 5.92 Å². The Balaban J connectivity index is 1.80. The van der Waals surface area contributed by atoms with Crippen molar-refractivity contribution >= 4 is 5.97 Å². The summed E-state index contributed by atoms with van der Waals surface area (Å²) in [7, 11) is 0. The number of carbonyl (C=O) groups is 1. The molecule has 0 bridgehead atoms. The number of ether oxygens (including phenoxy) is 1. The third-order valence-electron chi connectivity index (χ3n) is 3.98. The van der Waals surface area contributed by atoms with E-state index in [0.717, 1.165) is 17.7 Å². The minimum Gasteiger partial charge on any atom is -0.487 e. The number of aliphatic carboxylic acids is 1. The van der Waals surface area contributed by atoms with Crippen LogP contribution in [0.3, 0.4) is 0 Å². The molecule has 0 aromatic heterocycles. The van der Waals surface area contributed by atoms with Crippen LogP contribution in [0, 0.1) is 5.92 Å². The fraction of sp³-hybridized carbons (Fsp3) is 0.533. The van der Waals surface area contributed by atoms with Gasteiger partial charge in [0.05, 0.1) is 5.92 Å². The third-order valence-corrected chi connectivity index (χ3v) is 3.98. The molecule has 2 aliphatic rings. The largest absolute Gasteiger partial charge is 0.487 e. The maximum atomic E-state index is 11.0. The van der Waals surface area contributed by atoms with Crippen LogP contribution in [0.2, 0.25) is 0 Å². The zero-order chi connectivity index (χ0) is 13.6. The van der Waals surface area contributed by atoms with Gasteiger partial charge in [-0.1, -0.05) is 12.1 Å². The average molecular weight is 261 g/mol. The van der Waals surface area contributed by atoms with Crippen LogP contribution >= 0.6 is 0 Å². The van der Waals surface area contributed by atoms with Crippen LogP contribution < -0.4 is 10.1 Å². The molecule has 1 aromatic carbocycles. The molecule has 3 rings (SSSR count). The van der Waals surface area contributed by atoms with E-state index in [9.17, 15) is 4.79 Å². The number of fused-ring (bicyclic) bond motifs is 1. The highest BCUT2D eigenvalue weighted by Crippen LogP contribution is 2.38. The lowest BCUT2D eigenvalue weighted by Crippen LogP contribution is -2.24. The molecule has 4 nitrogen and oxygen atoms in total. The highest BCUT2D eigenvalue weighted by molar-refractivity contribution is 5.70. The topological polar surface area (TPSA) is 58.6 Å². The first-order valence-corrected chi connectivity index (χ1v) is 6.73. The SMILES string of the molecule is CC1(C)Cc2ccc(C3CC(C(=O)O)CN3)cc2O1. The Morgan fingerprint density at radius 3 is 2.95 bits per heavy atom. The quantitative estimate of drug-likeness (QED) is 0.856. The molecule has 19 heavy (non-hydrogen) atoms. The van der Waals surface area contributed by atoms with Crippen LogP contribution in [0.15, 0.2) is 18.2 Å². The van der Waals surface area contributed by atoms with Crippen LogP contribution in [0.5, 0.6) is 5.75 Å². The predicted molar refractivity (Wildman–Crippen MR) is 71.3 cm³/mol. The first kappa shape index (κ1) is 12.5. The normalized spacial score (nSPS) is 27.9. The molecule has 2 N–H and O–H groups in total. The number of rotatable bonds is 2. The second-order valence-electron chi connectivity index (χ2n) is 6.14. The Morgan fingerprint density at radius 1 is 1.47 bits per heavy atom. The Bertz CT molecular complexity index is 524. The van der Waals surface area contributed by atoms with E-state index < -0.39 is 5.97 Å². The summed E-state index contributed by atoms with van der Waals surface area (Å²) < 4.78 is 5.92. The van der Waals surface area contributed by atoms with Crippen molar-refractivity contribution in [1.29, 1.82) is 0 Å². The number of benzene rings is 1. The van der Waals surface area contributed by atoms with E-state index >= 15 is 0 Å². The van der Waals surface area contributed by atoms with Gasteiger partial charge in [0.1, 0.15) is 11.4 Å². The van der Waals surface area contributed by atoms with Gasteiger partial charge in [0, 0.05) is 19.0 Å². The summed E-state index contributed by atoms with van der Waals surface area (Å²) in [5.41, 5.74) is 2.23. The van der Waals surface area contributed by atoms with E-state index in [0.29, 0.717) is 13.0 Å². The zero-order valence-corrected chi connectivity index (χ0v) is 11.3. The van der Waals surface area contributed by atoms with Crippen molar-refractivity contribution in [3.05, 3.63) is 29.3 Å². The van der Waals surface area contributed by atoms with Crippen molar-refractivity contribution in [3.8, 4) is 5.75 Å². The number of nitrogens with one attached hydrogen (secondary N) is 1. The van der Waals surface area contributed by atoms with Crippen molar-refractivity contribution in [3.63, 3.8) is 0 Å². The lowest BCUT2D eigenvalue weighted by molar-refractivity contribution is -0.141. The highest BCUT2D eigenvalue weighted by atomic mass is 16.5. The van der Waals surface area contributed by atoms with E-state index in [1.165, 1.54) is 5.56 Å². The van der Waals surface area contributed by atoms with Crippen LogP contribution in [-0.2, 0) is 11.2 Å². The van der Waals surface area contributed by atoms with E-state index in [-0.39, 0.29) is 17.6 Å². The van der Waals surface area contributed by atoms with Gasteiger partial charge in [0.2, 0.25) is 0 Å². The second kappa shape index (κ2) is 4.23. The standard InChI is InChI=1S/C15H19NO3/c1-15(2)7-10-4-3-9(6-13(10)19-15)12-5-11(8-16-12)14(17)18/h3-4,6,11-12,16H,5,7-8H2,1-2H3,(H,17,18). The van der Waals surface area contributed by atoms with Crippen LogP contribution in [0.1, 0.15) is 37.4 Å². The molecule has 2 atom stereocenters. The maximum Gasteiger partial charge on any atom is 0.307 e. The summed E-state index contributed by atoms with van der Waals surface area (Å²) in [6, 6.07) is 6.38. The molecule has 4 heteroatoms. The molecule has 0 saturated carbocycles. The summed E-state index contributed by atoms with van der Waals surface area (Å²) in [5, 5.41) is 12.3. The van der Waals surface area contributed by atoms with Gasteiger partial charge in [0.15, 0.2) is 0 Å². The fourth-order valence-electron chi connectivity index (χ4n) is 3.00.